The van der Waals surface area contributed by atoms with E-state index >= 15 is 0 Å². The molecule has 1 aromatic rings. The van der Waals surface area contributed by atoms with Gasteiger partial charge in [0, 0.05) is 0 Å². The molecule has 116 valence electrons. The van der Waals surface area contributed by atoms with Crippen LogP contribution in [-0.4, -0.2) is 31.1 Å². The van der Waals surface area contributed by atoms with Gasteiger partial charge < -0.3 is 9.84 Å². The van der Waals surface area contributed by atoms with Crippen molar-refractivity contribution in [2.45, 2.75) is 55.6 Å². The van der Waals surface area contributed by atoms with Crippen LogP contribution in [0.5, 0.6) is 5.75 Å². The molecule has 0 radical (unpaired) electrons. The minimum Gasteiger partial charge on any atom is -0.496 e. The van der Waals surface area contributed by atoms with Crippen LogP contribution >= 0.6 is 0 Å². The maximum absolute atomic E-state index is 12.2. The van der Waals surface area contributed by atoms with Crippen molar-refractivity contribution in [1.29, 1.82) is 0 Å². The lowest BCUT2D eigenvalue weighted by Crippen LogP contribution is -2.43. The van der Waals surface area contributed by atoms with Gasteiger partial charge in [-0.3, -0.25) is 0 Å². The van der Waals surface area contributed by atoms with E-state index in [1.54, 1.807) is 7.11 Å². The van der Waals surface area contributed by atoms with Gasteiger partial charge in [0.05, 0.1) is 23.2 Å². The summed E-state index contributed by atoms with van der Waals surface area (Å²) in [5, 5.41) is 10.3. The number of hydrogen-bond acceptors (Lipinski definition) is 4. The van der Waals surface area contributed by atoms with Gasteiger partial charge in [0.2, 0.25) is 0 Å². The lowest BCUT2D eigenvalue weighted by Gasteiger charge is -2.37. The van der Waals surface area contributed by atoms with Gasteiger partial charge in [-0.2, -0.15) is 0 Å². The van der Waals surface area contributed by atoms with E-state index in [0.717, 1.165) is 22.4 Å². The number of aliphatic hydroxyl groups is 1. The van der Waals surface area contributed by atoms with E-state index in [1.165, 1.54) is 0 Å². The van der Waals surface area contributed by atoms with E-state index in [4.69, 9.17) is 4.74 Å². The second kappa shape index (κ2) is 4.71. The van der Waals surface area contributed by atoms with Crippen LogP contribution in [0.4, 0.5) is 0 Å². The van der Waals surface area contributed by atoms with Crippen LogP contribution in [-0.2, 0) is 15.4 Å². The zero-order valence-electron chi connectivity index (χ0n) is 12.7. The zero-order valence-corrected chi connectivity index (χ0v) is 13.5. The van der Waals surface area contributed by atoms with Crippen LogP contribution in [0.2, 0.25) is 0 Å². The highest BCUT2D eigenvalue weighted by atomic mass is 32.2. The monoisotopic (exact) mass is 310 g/mol. The second-order valence-corrected chi connectivity index (χ2v) is 9.00. The van der Waals surface area contributed by atoms with Gasteiger partial charge in [-0.05, 0) is 68.4 Å². The Morgan fingerprint density at radius 1 is 1.14 bits per heavy atom. The summed E-state index contributed by atoms with van der Waals surface area (Å²) in [6.45, 7) is 3.90. The lowest BCUT2D eigenvalue weighted by molar-refractivity contribution is 0.0172. The molecule has 2 aliphatic rings. The molecular formula is C16H22O4S. The molecule has 0 spiro atoms. The molecule has 4 nitrogen and oxygen atoms in total. The Bertz CT molecular complexity index is 635. The fraction of sp³-hybridized carbons (Fsp3) is 0.625. The molecule has 5 heteroatoms. The Hall–Kier alpha value is -1.07. The Labute approximate surface area is 126 Å². The van der Waals surface area contributed by atoms with E-state index in [2.05, 4.69) is 0 Å². The highest BCUT2D eigenvalue weighted by Gasteiger charge is 2.53. The molecule has 2 fully saturated rings. The van der Waals surface area contributed by atoms with E-state index in [9.17, 15) is 13.5 Å². The number of methoxy groups -OCH3 is 1. The first kappa shape index (κ1) is 14.9. The molecule has 1 aromatic carbocycles. The first-order valence-corrected chi connectivity index (χ1v) is 8.99. The quantitative estimate of drug-likeness (QED) is 0.910. The summed E-state index contributed by atoms with van der Waals surface area (Å²) in [5.74, 6) is 0.828. The molecule has 0 aliphatic carbocycles. The molecule has 2 atom stereocenters. The van der Waals surface area contributed by atoms with Crippen molar-refractivity contribution in [2.75, 3.05) is 7.11 Å². The summed E-state index contributed by atoms with van der Waals surface area (Å²) >= 11 is 0. The minimum atomic E-state index is -3.03. The van der Waals surface area contributed by atoms with Gasteiger partial charge in [0.25, 0.3) is 0 Å². The molecule has 2 aliphatic heterocycles. The van der Waals surface area contributed by atoms with Crippen molar-refractivity contribution >= 4 is 9.84 Å². The van der Waals surface area contributed by atoms with Gasteiger partial charge in [-0.25, -0.2) is 8.42 Å². The smallest absolute Gasteiger partial charge is 0.156 e. The number of hydrogen-bond donors (Lipinski definition) is 1. The maximum atomic E-state index is 12.2. The summed E-state index contributed by atoms with van der Waals surface area (Å²) in [6, 6.07) is 3.87. The largest absolute Gasteiger partial charge is 0.496 e. The van der Waals surface area contributed by atoms with Crippen LogP contribution in [0.3, 0.4) is 0 Å². The molecule has 21 heavy (non-hydrogen) atoms. The van der Waals surface area contributed by atoms with E-state index in [1.807, 2.05) is 26.0 Å². The van der Waals surface area contributed by atoms with Crippen LogP contribution < -0.4 is 4.74 Å². The van der Waals surface area contributed by atoms with Crippen LogP contribution in [0, 0.1) is 13.8 Å². The van der Waals surface area contributed by atoms with Gasteiger partial charge in [0.1, 0.15) is 5.75 Å². The molecule has 0 saturated carbocycles. The molecule has 0 amide bonds. The lowest BCUT2D eigenvalue weighted by atomic mass is 9.84. The number of fused-ring (bicyclic) bond motifs is 2. The number of ether oxygens (including phenoxy) is 1. The molecule has 2 saturated heterocycles. The third-order valence-electron chi connectivity index (χ3n) is 5.07. The van der Waals surface area contributed by atoms with Crippen molar-refractivity contribution in [1.82, 2.24) is 0 Å². The predicted molar refractivity (Wildman–Crippen MR) is 81.3 cm³/mol. The number of rotatable bonds is 2. The molecule has 3 rings (SSSR count). The third kappa shape index (κ3) is 2.18. The van der Waals surface area contributed by atoms with Crippen molar-refractivity contribution in [3.8, 4) is 5.75 Å². The Kier molecular flexibility index (Phi) is 3.33. The van der Waals surface area contributed by atoms with E-state index < -0.39 is 15.4 Å². The summed E-state index contributed by atoms with van der Waals surface area (Å²) in [7, 11) is -1.39. The van der Waals surface area contributed by atoms with Gasteiger partial charge in [-0.15, -0.1) is 0 Å². The van der Waals surface area contributed by atoms with Crippen LogP contribution in [0.1, 0.15) is 42.4 Å². The normalized spacial score (nSPS) is 33.9. The molecule has 0 aromatic heterocycles. The molecule has 2 heterocycles. The SMILES string of the molecule is COc1c(C)cc(C2(O)CC3CCC(C2)S3(=O)=O)cc1C. The first-order valence-electron chi connectivity index (χ1n) is 7.39. The van der Waals surface area contributed by atoms with E-state index in [-0.39, 0.29) is 10.5 Å². The zero-order chi connectivity index (χ0) is 15.4. The van der Waals surface area contributed by atoms with Gasteiger partial charge >= 0.3 is 0 Å². The fourth-order valence-electron chi connectivity index (χ4n) is 4.02. The summed E-state index contributed by atoms with van der Waals surface area (Å²) < 4.78 is 29.8. The number of aryl methyl sites for hydroxylation is 2. The minimum absolute atomic E-state index is 0.317. The molecule has 1 N–H and O–H groups in total. The van der Waals surface area contributed by atoms with Crippen molar-refractivity contribution in [3.05, 3.63) is 28.8 Å². The fourth-order valence-corrected chi connectivity index (χ4v) is 6.51. The summed E-state index contributed by atoms with van der Waals surface area (Å²) in [4.78, 5) is 0. The van der Waals surface area contributed by atoms with Crippen molar-refractivity contribution < 1.29 is 18.3 Å². The topological polar surface area (TPSA) is 63.6 Å². The van der Waals surface area contributed by atoms with E-state index in [0.29, 0.717) is 25.7 Å². The first-order chi connectivity index (χ1) is 9.78. The van der Waals surface area contributed by atoms with Gasteiger partial charge in [0.15, 0.2) is 9.84 Å². The second-order valence-electron chi connectivity index (χ2n) is 6.49. The molecule has 2 bridgehead atoms. The third-order valence-corrected chi connectivity index (χ3v) is 7.74. The highest BCUT2D eigenvalue weighted by molar-refractivity contribution is 7.93. The molecular weight excluding hydrogens is 288 g/mol. The number of benzene rings is 1. The number of sulfone groups is 1. The maximum Gasteiger partial charge on any atom is 0.156 e. The Balaban J connectivity index is 2.02. The van der Waals surface area contributed by atoms with Crippen molar-refractivity contribution in [3.63, 3.8) is 0 Å². The standard InChI is InChI=1S/C16H22O4S/c1-10-6-12(7-11(2)15(10)20-3)16(17)8-13-4-5-14(9-16)21(13,18)19/h6-7,13-14,17H,4-5,8-9H2,1-3H3. The van der Waals surface area contributed by atoms with Gasteiger partial charge in [-0.1, -0.05) is 0 Å². The average molecular weight is 310 g/mol. The Morgan fingerprint density at radius 3 is 2.05 bits per heavy atom. The molecule has 2 unspecified atom stereocenters. The summed E-state index contributed by atoms with van der Waals surface area (Å²) in [6.07, 6.45) is 2.00. The van der Waals surface area contributed by atoms with Crippen molar-refractivity contribution in [2.24, 2.45) is 0 Å². The highest BCUT2D eigenvalue weighted by Crippen LogP contribution is 2.48. The average Bonchev–Trinajstić information content (AvgIpc) is 2.59. The van der Waals surface area contributed by atoms with Crippen LogP contribution in [0.15, 0.2) is 12.1 Å². The summed E-state index contributed by atoms with van der Waals surface area (Å²) in [5.41, 5.74) is 1.74. The van der Waals surface area contributed by atoms with Crippen LogP contribution in [0.25, 0.3) is 0 Å². The predicted octanol–water partition coefficient (Wildman–Crippen LogP) is 2.24. The Morgan fingerprint density at radius 2 is 1.62 bits per heavy atom.